The summed E-state index contributed by atoms with van der Waals surface area (Å²) in [6.45, 7) is 3.89. The largest absolute Gasteiger partial charge is 0.490 e. The maximum atomic E-state index is 12.3. The number of aromatic amines is 1. The Morgan fingerprint density at radius 3 is 2.77 bits per heavy atom. The molecule has 1 amide bonds. The van der Waals surface area contributed by atoms with E-state index < -0.39 is 0 Å². The summed E-state index contributed by atoms with van der Waals surface area (Å²) in [7, 11) is 0. The average Bonchev–Trinajstić information content (AvgIpc) is 3.01. The van der Waals surface area contributed by atoms with E-state index in [0.29, 0.717) is 24.7 Å². The van der Waals surface area contributed by atoms with E-state index in [0.717, 1.165) is 13.0 Å². The average molecular weight is 300 g/mol. The van der Waals surface area contributed by atoms with Crippen LogP contribution in [0.4, 0.5) is 0 Å². The van der Waals surface area contributed by atoms with Crippen LogP contribution in [-0.2, 0) is 17.8 Å². The van der Waals surface area contributed by atoms with Gasteiger partial charge in [-0.1, -0.05) is 12.1 Å². The second-order valence-corrected chi connectivity index (χ2v) is 5.22. The van der Waals surface area contributed by atoms with Crippen LogP contribution in [0.2, 0.25) is 0 Å². The predicted molar refractivity (Wildman–Crippen MR) is 83.0 cm³/mol. The second-order valence-electron chi connectivity index (χ2n) is 5.22. The van der Waals surface area contributed by atoms with Crippen molar-refractivity contribution in [2.45, 2.75) is 19.9 Å². The lowest BCUT2D eigenvalue weighted by molar-refractivity contribution is -0.134. The number of H-pyrrole nitrogens is 1. The van der Waals surface area contributed by atoms with Crippen LogP contribution in [0.25, 0.3) is 0 Å². The Kier molecular flexibility index (Phi) is 4.32. The summed E-state index contributed by atoms with van der Waals surface area (Å²) in [6, 6.07) is 9.45. The molecule has 22 heavy (non-hydrogen) atoms. The maximum Gasteiger partial charge on any atom is 0.260 e. The number of ether oxygens (including phenoxy) is 2. The lowest BCUT2D eigenvalue weighted by Crippen LogP contribution is -2.38. The van der Waals surface area contributed by atoms with Crippen molar-refractivity contribution < 1.29 is 14.3 Å². The first-order valence-corrected chi connectivity index (χ1v) is 7.55. The van der Waals surface area contributed by atoms with E-state index in [1.165, 1.54) is 11.3 Å². The molecule has 2 heterocycles. The Balaban J connectivity index is 1.59. The molecule has 1 aliphatic rings. The number of carbonyl (C=O) groups is 1. The van der Waals surface area contributed by atoms with Gasteiger partial charge in [0.05, 0.1) is 6.61 Å². The van der Waals surface area contributed by atoms with E-state index in [1.807, 2.05) is 48.4 Å². The van der Waals surface area contributed by atoms with Crippen molar-refractivity contribution in [3.63, 3.8) is 0 Å². The number of nitrogens with one attached hydrogen (secondary N) is 1. The Labute approximate surface area is 129 Å². The molecule has 1 N–H and O–H groups in total. The highest BCUT2D eigenvalue weighted by molar-refractivity contribution is 5.78. The molecule has 5 nitrogen and oxygen atoms in total. The van der Waals surface area contributed by atoms with Crippen LogP contribution in [0, 0.1) is 0 Å². The fraction of sp³-hybridized carbons (Fsp3) is 0.353. The molecule has 1 aliphatic heterocycles. The topological polar surface area (TPSA) is 54.6 Å². The molecule has 1 aromatic carbocycles. The molecular formula is C17H20N2O3. The molecule has 3 rings (SSSR count). The van der Waals surface area contributed by atoms with Crippen molar-refractivity contribution in [3.05, 3.63) is 47.8 Å². The van der Waals surface area contributed by atoms with Crippen LogP contribution in [-0.4, -0.2) is 35.5 Å². The van der Waals surface area contributed by atoms with Crippen LogP contribution in [0.5, 0.6) is 11.5 Å². The van der Waals surface area contributed by atoms with Gasteiger partial charge in [0, 0.05) is 31.4 Å². The molecule has 0 radical (unpaired) electrons. The van der Waals surface area contributed by atoms with Crippen molar-refractivity contribution in [3.8, 4) is 11.5 Å². The van der Waals surface area contributed by atoms with Crippen molar-refractivity contribution in [2.75, 3.05) is 19.8 Å². The summed E-state index contributed by atoms with van der Waals surface area (Å²) in [6.07, 6.45) is 2.79. The fourth-order valence-corrected chi connectivity index (χ4v) is 2.64. The zero-order valence-electron chi connectivity index (χ0n) is 12.7. The van der Waals surface area contributed by atoms with Gasteiger partial charge in [0.15, 0.2) is 18.1 Å². The van der Waals surface area contributed by atoms with Gasteiger partial charge in [0.1, 0.15) is 0 Å². The number of fused-ring (bicyclic) bond motifs is 1. The first-order valence-electron chi connectivity index (χ1n) is 7.55. The number of hydrogen-bond acceptors (Lipinski definition) is 3. The standard InChI is InChI=1S/C17H20N2O3/c1-2-21-15-5-3-4-6-16(15)22-12-17(20)19-10-8-14-13(11-19)7-9-18-14/h3-7,9,18H,2,8,10-12H2,1H3. The van der Waals surface area contributed by atoms with Gasteiger partial charge in [-0.3, -0.25) is 4.79 Å². The Morgan fingerprint density at radius 1 is 1.23 bits per heavy atom. The van der Waals surface area contributed by atoms with Crippen molar-refractivity contribution in [1.82, 2.24) is 9.88 Å². The Bertz CT molecular complexity index is 651. The highest BCUT2D eigenvalue weighted by Gasteiger charge is 2.21. The van der Waals surface area contributed by atoms with Gasteiger partial charge >= 0.3 is 0 Å². The normalized spacial score (nSPS) is 13.6. The number of aromatic nitrogens is 1. The zero-order chi connectivity index (χ0) is 15.4. The van der Waals surface area contributed by atoms with E-state index in [2.05, 4.69) is 4.98 Å². The molecular weight excluding hydrogens is 280 g/mol. The van der Waals surface area contributed by atoms with Gasteiger partial charge in [0.25, 0.3) is 5.91 Å². The van der Waals surface area contributed by atoms with E-state index in [9.17, 15) is 4.79 Å². The fourth-order valence-electron chi connectivity index (χ4n) is 2.64. The summed E-state index contributed by atoms with van der Waals surface area (Å²) < 4.78 is 11.1. The molecule has 0 saturated heterocycles. The molecule has 0 fully saturated rings. The lowest BCUT2D eigenvalue weighted by atomic mass is 10.1. The first-order chi connectivity index (χ1) is 10.8. The number of carbonyl (C=O) groups excluding carboxylic acids is 1. The molecule has 0 unspecified atom stereocenters. The summed E-state index contributed by atoms with van der Waals surface area (Å²) in [5.74, 6) is 1.28. The molecule has 2 aromatic rings. The zero-order valence-corrected chi connectivity index (χ0v) is 12.7. The van der Waals surface area contributed by atoms with Crippen LogP contribution in [0.1, 0.15) is 18.2 Å². The van der Waals surface area contributed by atoms with Crippen LogP contribution >= 0.6 is 0 Å². The number of amides is 1. The smallest absolute Gasteiger partial charge is 0.260 e. The molecule has 1 aromatic heterocycles. The number of para-hydroxylation sites is 2. The molecule has 5 heteroatoms. The first kappa shape index (κ1) is 14.5. The minimum absolute atomic E-state index is 0.00171. The number of nitrogens with zero attached hydrogens (tertiary/aromatic N) is 1. The lowest BCUT2D eigenvalue weighted by Gasteiger charge is -2.27. The molecule has 0 spiro atoms. The van der Waals surface area contributed by atoms with Gasteiger partial charge in [-0.2, -0.15) is 0 Å². The third-order valence-corrected chi connectivity index (χ3v) is 3.78. The third kappa shape index (κ3) is 3.08. The highest BCUT2D eigenvalue weighted by atomic mass is 16.5. The Hall–Kier alpha value is -2.43. The second kappa shape index (κ2) is 6.56. The SMILES string of the molecule is CCOc1ccccc1OCC(=O)N1CCc2[nH]ccc2C1. The summed E-state index contributed by atoms with van der Waals surface area (Å²) in [5, 5.41) is 0. The van der Waals surface area contributed by atoms with Crippen molar-refractivity contribution in [2.24, 2.45) is 0 Å². The number of hydrogen-bond donors (Lipinski definition) is 1. The molecule has 116 valence electrons. The summed E-state index contributed by atoms with van der Waals surface area (Å²) >= 11 is 0. The number of rotatable bonds is 5. The van der Waals surface area contributed by atoms with Crippen LogP contribution in [0.3, 0.4) is 0 Å². The highest BCUT2D eigenvalue weighted by Crippen LogP contribution is 2.26. The van der Waals surface area contributed by atoms with Gasteiger partial charge < -0.3 is 19.4 Å². The summed E-state index contributed by atoms with van der Waals surface area (Å²) in [5.41, 5.74) is 2.42. The molecule has 0 bridgehead atoms. The monoisotopic (exact) mass is 300 g/mol. The van der Waals surface area contributed by atoms with Gasteiger partial charge in [-0.15, -0.1) is 0 Å². The minimum Gasteiger partial charge on any atom is -0.490 e. The molecule has 0 aliphatic carbocycles. The quantitative estimate of drug-likeness (QED) is 0.922. The van der Waals surface area contributed by atoms with Crippen LogP contribution in [0.15, 0.2) is 36.5 Å². The summed E-state index contributed by atoms with van der Waals surface area (Å²) in [4.78, 5) is 17.4. The van der Waals surface area contributed by atoms with E-state index in [-0.39, 0.29) is 12.5 Å². The van der Waals surface area contributed by atoms with E-state index >= 15 is 0 Å². The maximum absolute atomic E-state index is 12.3. The minimum atomic E-state index is -0.00171. The molecule has 0 saturated carbocycles. The molecule has 0 atom stereocenters. The van der Waals surface area contributed by atoms with Crippen LogP contribution < -0.4 is 9.47 Å². The van der Waals surface area contributed by atoms with Crippen molar-refractivity contribution >= 4 is 5.91 Å². The Morgan fingerprint density at radius 2 is 2.00 bits per heavy atom. The van der Waals surface area contributed by atoms with Gasteiger partial charge in [0.2, 0.25) is 0 Å². The number of benzene rings is 1. The predicted octanol–water partition coefficient (Wildman–Crippen LogP) is 2.38. The van der Waals surface area contributed by atoms with E-state index in [1.54, 1.807) is 0 Å². The third-order valence-electron chi connectivity index (χ3n) is 3.78. The van der Waals surface area contributed by atoms with E-state index in [4.69, 9.17) is 9.47 Å². The van der Waals surface area contributed by atoms with Crippen molar-refractivity contribution in [1.29, 1.82) is 0 Å². The van der Waals surface area contributed by atoms with Gasteiger partial charge in [-0.25, -0.2) is 0 Å². The van der Waals surface area contributed by atoms with Gasteiger partial charge in [-0.05, 0) is 30.7 Å².